The number of aromatic nitrogens is 2. The molecule has 0 radical (unpaired) electrons. The molecule has 0 fully saturated rings. The van der Waals surface area contributed by atoms with Crippen LogP contribution in [-0.4, -0.2) is 22.6 Å². The molecule has 2 heterocycles. The number of nitrogens with one attached hydrogen (secondary N) is 2. The van der Waals surface area contributed by atoms with E-state index < -0.39 is 12.1 Å². The van der Waals surface area contributed by atoms with Crippen LogP contribution in [0.5, 0.6) is 0 Å². The van der Waals surface area contributed by atoms with E-state index >= 15 is 4.39 Å². The zero-order valence-electron chi connectivity index (χ0n) is 16.1. The van der Waals surface area contributed by atoms with E-state index in [2.05, 4.69) is 15.5 Å². The normalized spacial score (nSPS) is 17.8. The van der Waals surface area contributed by atoms with Gasteiger partial charge in [0.1, 0.15) is 6.17 Å². The molecule has 4 nitrogen and oxygen atoms in total. The summed E-state index contributed by atoms with van der Waals surface area (Å²) in [5.74, 6) is -1.16. The molecule has 0 saturated heterocycles. The Balaban J connectivity index is 1.38. The zero-order valence-corrected chi connectivity index (χ0v) is 17.0. The molecule has 2 unspecified atom stereocenters. The number of hydrogen-bond donors (Lipinski definition) is 2. The fraction of sp³-hybridized carbons (Fsp3) is 0.167. The molecule has 5 rings (SSSR count). The van der Waals surface area contributed by atoms with Gasteiger partial charge in [0.05, 0.1) is 17.3 Å². The van der Waals surface area contributed by atoms with Gasteiger partial charge in [-0.25, -0.2) is 4.39 Å². The largest absolute Gasteiger partial charge is 0.355 e. The van der Waals surface area contributed by atoms with Crippen LogP contribution in [-0.2, 0) is 11.2 Å². The van der Waals surface area contributed by atoms with Crippen molar-refractivity contribution < 1.29 is 9.18 Å². The van der Waals surface area contributed by atoms with Crippen molar-refractivity contribution >= 4 is 34.1 Å². The summed E-state index contributed by atoms with van der Waals surface area (Å²) in [6, 6.07) is 18.0. The second kappa shape index (κ2) is 7.88. The van der Waals surface area contributed by atoms with E-state index in [0.717, 1.165) is 22.8 Å². The van der Waals surface area contributed by atoms with Gasteiger partial charge in [-0.15, -0.1) is 11.3 Å². The Hall–Kier alpha value is -3.25. The van der Waals surface area contributed by atoms with Crippen LogP contribution in [0.4, 0.5) is 4.39 Å². The summed E-state index contributed by atoms with van der Waals surface area (Å²) in [6.07, 6.45) is 2.67. The summed E-state index contributed by atoms with van der Waals surface area (Å²) in [7, 11) is 0. The minimum atomic E-state index is -1.45. The summed E-state index contributed by atoms with van der Waals surface area (Å²) in [5, 5.41) is 14.3. The number of fused-ring (bicyclic) bond motifs is 2. The summed E-state index contributed by atoms with van der Waals surface area (Å²) in [6.45, 7) is 0.492. The summed E-state index contributed by atoms with van der Waals surface area (Å²) < 4.78 is 15.5. The van der Waals surface area contributed by atoms with Crippen molar-refractivity contribution in [2.75, 3.05) is 6.54 Å². The topological polar surface area (TPSA) is 57.8 Å². The molecule has 1 aliphatic carbocycles. The molecule has 0 saturated carbocycles. The maximum Gasteiger partial charge on any atom is 0.230 e. The van der Waals surface area contributed by atoms with Gasteiger partial charge in [0.15, 0.2) is 0 Å². The van der Waals surface area contributed by atoms with Crippen molar-refractivity contribution in [3.8, 4) is 11.3 Å². The third-order valence-electron chi connectivity index (χ3n) is 5.47. The molecule has 2 atom stereocenters. The van der Waals surface area contributed by atoms with E-state index in [-0.39, 0.29) is 5.91 Å². The van der Waals surface area contributed by atoms with Gasteiger partial charge >= 0.3 is 0 Å². The number of carbonyl (C=O) groups is 1. The lowest BCUT2D eigenvalue weighted by Gasteiger charge is -2.21. The van der Waals surface area contributed by atoms with E-state index in [1.807, 2.05) is 60.0 Å². The van der Waals surface area contributed by atoms with Gasteiger partial charge in [-0.2, -0.15) is 5.10 Å². The number of benzene rings is 2. The molecule has 2 aromatic heterocycles. The first-order valence-corrected chi connectivity index (χ1v) is 10.8. The molecule has 1 aliphatic rings. The van der Waals surface area contributed by atoms with Gasteiger partial charge in [0, 0.05) is 22.5 Å². The van der Waals surface area contributed by atoms with Crippen LogP contribution < -0.4 is 5.32 Å². The molecule has 0 spiro atoms. The predicted molar refractivity (Wildman–Crippen MR) is 119 cm³/mol. The highest BCUT2D eigenvalue weighted by molar-refractivity contribution is 7.09. The van der Waals surface area contributed by atoms with Crippen LogP contribution in [0.25, 0.3) is 28.1 Å². The first kappa shape index (κ1) is 18.8. The third-order valence-corrected chi connectivity index (χ3v) is 6.41. The second-order valence-corrected chi connectivity index (χ2v) is 8.40. The zero-order chi connectivity index (χ0) is 20.5. The van der Waals surface area contributed by atoms with E-state index in [1.54, 1.807) is 23.5 Å². The smallest absolute Gasteiger partial charge is 0.230 e. The maximum absolute atomic E-state index is 15.5. The van der Waals surface area contributed by atoms with Crippen molar-refractivity contribution in [3.05, 3.63) is 82.2 Å². The SMILES string of the molecule is O=C(NCCc1cccs1)C1C=Cc2[nH]nc(-c3ccc4ccccc4c3)c2C1F. The number of carbonyl (C=O) groups excluding carboxylic acids is 1. The Labute approximate surface area is 177 Å². The van der Waals surface area contributed by atoms with Crippen molar-refractivity contribution in [1.82, 2.24) is 15.5 Å². The quantitative estimate of drug-likeness (QED) is 0.463. The first-order valence-electron chi connectivity index (χ1n) is 9.90. The lowest BCUT2D eigenvalue weighted by molar-refractivity contribution is -0.125. The van der Waals surface area contributed by atoms with Crippen LogP contribution >= 0.6 is 11.3 Å². The molecule has 1 amide bonds. The van der Waals surface area contributed by atoms with Gasteiger partial charge < -0.3 is 5.32 Å². The Bertz CT molecular complexity index is 1230. The molecule has 0 bridgehead atoms. The predicted octanol–water partition coefficient (Wildman–Crippen LogP) is 5.30. The van der Waals surface area contributed by atoms with Crippen LogP contribution in [0.15, 0.2) is 66.1 Å². The highest BCUT2D eigenvalue weighted by atomic mass is 32.1. The van der Waals surface area contributed by atoms with Crippen molar-refractivity contribution in [2.45, 2.75) is 12.6 Å². The Kier molecular flexibility index (Phi) is 4.93. The molecular weight excluding hydrogens is 397 g/mol. The first-order chi connectivity index (χ1) is 14.7. The fourth-order valence-electron chi connectivity index (χ4n) is 3.91. The number of thiophene rings is 1. The van der Waals surface area contributed by atoms with Gasteiger partial charge in [-0.05, 0) is 40.8 Å². The Morgan fingerprint density at radius 3 is 2.83 bits per heavy atom. The van der Waals surface area contributed by atoms with Crippen LogP contribution in [0, 0.1) is 5.92 Å². The highest BCUT2D eigenvalue weighted by Gasteiger charge is 2.35. The van der Waals surface area contributed by atoms with Crippen molar-refractivity contribution in [2.24, 2.45) is 5.92 Å². The molecule has 4 aromatic rings. The van der Waals surface area contributed by atoms with Crippen molar-refractivity contribution in [1.29, 1.82) is 0 Å². The van der Waals surface area contributed by atoms with Gasteiger partial charge in [0.2, 0.25) is 5.91 Å². The Morgan fingerprint density at radius 1 is 1.13 bits per heavy atom. The third kappa shape index (κ3) is 3.44. The van der Waals surface area contributed by atoms with E-state index in [9.17, 15) is 4.79 Å². The molecule has 0 aliphatic heterocycles. The number of nitrogens with zero attached hydrogens (tertiary/aromatic N) is 1. The minimum absolute atomic E-state index is 0.299. The Morgan fingerprint density at radius 2 is 2.00 bits per heavy atom. The molecule has 30 heavy (non-hydrogen) atoms. The van der Waals surface area contributed by atoms with E-state index in [4.69, 9.17) is 0 Å². The number of alkyl halides is 1. The minimum Gasteiger partial charge on any atom is -0.355 e. The highest BCUT2D eigenvalue weighted by Crippen LogP contribution is 2.40. The van der Waals surface area contributed by atoms with Crippen LogP contribution in [0.3, 0.4) is 0 Å². The monoisotopic (exact) mass is 417 g/mol. The van der Waals surface area contributed by atoms with Gasteiger partial charge in [0.25, 0.3) is 0 Å². The summed E-state index contributed by atoms with van der Waals surface area (Å²) in [4.78, 5) is 13.9. The van der Waals surface area contributed by atoms with E-state index in [1.165, 1.54) is 4.88 Å². The maximum atomic E-state index is 15.5. The standard InChI is InChI=1S/C24H20FN3OS/c25-22-19(24(29)26-12-11-18-6-3-13-30-18)9-10-20-21(22)23(28-27-20)17-8-7-15-4-1-2-5-16(15)14-17/h1-10,13-14,19,22H,11-12H2,(H,26,29)(H,27,28). The number of hydrogen-bond acceptors (Lipinski definition) is 3. The van der Waals surface area contributed by atoms with Crippen molar-refractivity contribution in [3.63, 3.8) is 0 Å². The molecule has 2 N–H and O–H groups in total. The lowest BCUT2D eigenvalue weighted by Crippen LogP contribution is -2.34. The molecule has 150 valence electrons. The summed E-state index contributed by atoms with van der Waals surface area (Å²) in [5.41, 5.74) is 2.46. The molecular formula is C24H20FN3OS. The number of H-pyrrole nitrogens is 1. The number of amides is 1. The average Bonchev–Trinajstić information content (AvgIpc) is 3.44. The lowest BCUT2D eigenvalue weighted by atomic mass is 9.87. The van der Waals surface area contributed by atoms with E-state index in [0.29, 0.717) is 23.5 Å². The van der Waals surface area contributed by atoms with Gasteiger partial charge in [-0.1, -0.05) is 48.5 Å². The van der Waals surface area contributed by atoms with Gasteiger partial charge in [-0.3, -0.25) is 9.89 Å². The molecule has 2 aromatic carbocycles. The number of halogens is 1. The van der Waals surface area contributed by atoms with Crippen LogP contribution in [0.2, 0.25) is 0 Å². The molecule has 6 heteroatoms. The second-order valence-electron chi connectivity index (χ2n) is 7.37. The fourth-order valence-corrected chi connectivity index (χ4v) is 4.61. The number of aromatic amines is 1. The average molecular weight is 418 g/mol. The number of rotatable bonds is 5. The van der Waals surface area contributed by atoms with Crippen LogP contribution in [0.1, 0.15) is 22.3 Å². The summed E-state index contributed by atoms with van der Waals surface area (Å²) >= 11 is 1.65.